The summed E-state index contributed by atoms with van der Waals surface area (Å²) in [6.45, 7) is 2.18. The number of hydrogen-bond donors (Lipinski definition) is 14. The van der Waals surface area contributed by atoms with Crippen molar-refractivity contribution in [3.8, 4) is 0 Å². The molecule has 3 aliphatic rings. The van der Waals surface area contributed by atoms with Gasteiger partial charge in [-0.05, 0) is 44.9 Å². The summed E-state index contributed by atoms with van der Waals surface area (Å²) in [4.78, 5) is 38.7. The minimum atomic E-state index is -3.08. The maximum absolute atomic E-state index is 13.5. The maximum Gasteiger partial charge on any atom is 0.364 e. The van der Waals surface area contributed by atoms with Crippen LogP contribution in [-0.2, 0) is 42.8 Å². The van der Waals surface area contributed by atoms with E-state index < -0.39 is 155 Å². The third-order valence-corrected chi connectivity index (χ3v) is 20.1. The van der Waals surface area contributed by atoms with E-state index in [1.165, 1.54) is 218 Å². The second-order valence-corrected chi connectivity index (χ2v) is 28.9. The maximum atomic E-state index is 13.5. The molecule has 0 aromatic rings. The van der Waals surface area contributed by atoms with Gasteiger partial charge in [0.05, 0.1) is 50.7 Å². The number of carboxylic acid groups (broad SMARTS) is 1. The van der Waals surface area contributed by atoms with Crippen molar-refractivity contribution in [3.63, 3.8) is 0 Å². The summed E-state index contributed by atoms with van der Waals surface area (Å²) in [7, 11) is 0. The number of aliphatic hydroxyl groups excluding tert-OH is 11. The van der Waals surface area contributed by atoms with E-state index in [9.17, 15) is 75.7 Å². The van der Waals surface area contributed by atoms with E-state index in [4.69, 9.17) is 28.4 Å². The fourth-order valence-corrected chi connectivity index (χ4v) is 13.8. The lowest BCUT2D eigenvalue weighted by Crippen LogP contribution is -2.70. The number of carboxylic acids is 1. The Morgan fingerprint density at radius 1 is 0.520 bits per heavy atom. The van der Waals surface area contributed by atoms with E-state index in [1.54, 1.807) is 6.08 Å². The fourth-order valence-electron chi connectivity index (χ4n) is 13.8. The molecule has 14 N–H and O–H groups in total. The quantitative estimate of drug-likeness (QED) is 0.0199. The lowest BCUT2D eigenvalue weighted by Gasteiger charge is -2.50. The van der Waals surface area contributed by atoms with Crippen molar-refractivity contribution < 1.29 is 104 Å². The molecule has 23 nitrogen and oxygen atoms in total. The number of hydrogen-bond acceptors (Lipinski definition) is 20. The molecule has 0 saturated carbocycles. The van der Waals surface area contributed by atoms with Crippen molar-refractivity contribution in [2.24, 2.45) is 0 Å². The number of ether oxygens (including phenoxy) is 6. The lowest BCUT2D eigenvalue weighted by atomic mass is 9.88. The SMILES string of the molecule is CCCCCCCCCCCCCC/C=C\CCCCCCCCCCCCCC(=O)NC(COC1OC(CO)C(OC2OC(CO)C(O)C(OC3(C(=O)O)CC(O)C(NC(C)=O)C(C(O)C(O)CO)O3)C2O)C(O)C1O)C(O)/C=C/CCCCCCCCCCCCCCCCCCC. The van der Waals surface area contributed by atoms with Crippen LogP contribution in [0.15, 0.2) is 24.3 Å². The summed E-state index contributed by atoms with van der Waals surface area (Å²) >= 11 is 0. The molecule has 100 heavy (non-hydrogen) atoms. The monoisotopic (exact) mass is 1430 g/mol. The van der Waals surface area contributed by atoms with Crippen LogP contribution in [0.1, 0.15) is 310 Å². The predicted molar refractivity (Wildman–Crippen MR) is 385 cm³/mol. The highest BCUT2D eigenvalue weighted by molar-refractivity contribution is 5.77. The topological polar surface area (TPSA) is 373 Å². The van der Waals surface area contributed by atoms with Gasteiger partial charge in [0.2, 0.25) is 11.8 Å². The molecule has 0 aliphatic carbocycles. The highest BCUT2D eigenvalue weighted by Crippen LogP contribution is 2.39. The molecule has 3 rings (SSSR count). The smallest absolute Gasteiger partial charge is 0.364 e. The van der Waals surface area contributed by atoms with Gasteiger partial charge in [0.15, 0.2) is 12.6 Å². The van der Waals surface area contributed by atoms with E-state index in [0.717, 1.165) is 51.9 Å². The number of carbonyl (C=O) groups excluding carboxylic acids is 2. The molecule has 3 aliphatic heterocycles. The summed E-state index contributed by atoms with van der Waals surface area (Å²) in [5.74, 6) is -6.14. The zero-order valence-electron chi connectivity index (χ0n) is 61.8. The Morgan fingerprint density at radius 3 is 1.36 bits per heavy atom. The van der Waals surface area contributed by atoms with Gasteiger partial charge < -0.3 is 100 Å². The number of allylic oxidation sites excluding steroid dienone is 3. The van der Waals surface area contributed by atoms with Crippen LogP contribution in [0, 0.1) is 0 Å². The molecule has 0 radical (unpaired) electrons. The molecule has 586 valence electrons. The first-order valence-corrected chi connectivity index (χ1v) is 39.7. The van der Waals surface area contributed by atoms with Crippen molar-refractivity contribution in [3.05, 3.63) is 24.3 Å². The van der Waals surface area contributed by atoms with Crippen molar-refractivity contribution in [2.75, 3.05) is 26.4 Å². The molecule has 18 unspecified atom stereocenters. The first kappa shape index (κ1) is 91.4. The Kier molecular flexibility index (Phi) is 51.7. The number of carbonyl (C=O) groups is 3. The third-order valence-electron chi connectivity index (χ3n) is 20.1. The summed E-state index contributed by atoms with van der Waals surface area (Å²) in [5, 5.41) is 136. The number of aliphatic carboxylic acids is 1. The van der Waals surface area contributed by atoms with Crippen LogP contribution in [0.5, 0.6) is 0 Å². The van der Waals surface area contributed by atoms with Crippen LogP contribution < -0.4 is 10.6 Å². The van der Waals surface area contributed by atoms with Crippen LogP contribution in [0.3, 0.4) is 0 Å². The van der Waals surface area contributed by atoms with Crippen molar-refractivity contribution in [2.45, 2.75) is 420 Å². The highest BCUT2D eigenvalue weighted by atomic mass is 16.8. The van der Waals surface area contributed by atoms with Gasteiger partial charge in [-0.2, -0.15) is 0 Å². The van der Waals surface area contributed by atoms with Gasteiger partial charge in [-0.25, -0.2) is 4.79 Å². The fraction of sp³-hybridized carbons (Fsp3) is 0.909. The van der Waals surface area contributed by atoms with Gasteiger partial charge in [-0.15, -0.1) is 0 Å². The highest BCUT2D eigenvalue weighted by Gasteiger charge is 2.60. The Morgan fingerprint density at radius 2 is 0.940 bits per heavy atom. The molecule has 23 heteroatoms. The molecular formula is C77H142N2O21. The van der Waals surface area contributed by atoms with Crippen LogP contribution >= 0.6 is 0 Å². The van der Waals surface area contributed by atoms with Crippen LogP contribution in [0.25, 0.3) is 0 Å². The molecule has 0 bridgehead atoms. The molecule has 0 spiro atoms. The van der Waals surface area contributed by atoms with Crippen molar-refractivity contribution in [1.29, 1.82) is 0 Å². The second-order valence-electron chi connectivity index (χ2n) is 28.9. The van der Waals surface area contributed by atoms with Crippen molar-refractivity contribution >= 4 is 17.8 Å². The van der Waals surface area contributed by atoms with E-state index in [-0.39, 0.29) is 12.3 Å². The molecule has 0 aromatic carbocycles. The Balaban J connectivity index is 1.52. The predicted octanol–water partition coefficient (Wildman–Crippen LogP) is 9.96. The Hall–Kier alpha value is -2.79. The van der Waals surface area contributed by atoms with Crippen LogP contribution in [0.4, 0.5) is 0 Å². The van der Waals surface area contributed by atoms with Crippen LogP contribution in [-0.4, -0.2) is 215 Å². The van der Waals surface area contributed by atoms with E-state index in [0.29, 0.717) is 12.8 Å². The van der Waals surface area contributed by atoms with Gasteiger partial charge in [-0.1, -0.05) is 269 Å². The van der Waals surface area contributed by atoms with E-state index >= 15 is 0 Å². The minimum absolute atomic E-state index is 0.201. The van der Waals surface area contributed by atoms with Crippen LogP contribution in [0.2, 0.25) is 0 Å². The largest absolute Gasteiger partial charge is 0.477 e. The first-order valence-electron chi connectivity index (χ1n) is 39.7. The van der Waals surface area contributed by atoms with Gasteiger partial charge >= 0.3 is 5.97 Å². The molecule has 0 aromatic heterocycles. The number of unbranched alkanes of at least 4 members (excludes halogenated alkanes) is 40. The van der Waals surface area contributed by atoms with Gasteiger partial charge in [-0.3, -0.25) is 9.59 Å². The first-order chi connectivity index (χ1) is 48.4. The number of aliphatic hydroxyl groups is 11. The average molecular weight is 1430 g/mol. The molecule has 3 heterocycles. The van der Waals surface area contributed by atoms with Gasteiger partial charge in [0, 0.05) is 19.8 Å². The summed E-state index contributed by atoms with van der Waals surface area (Å²) in [6.07, 6.45) is 32.1. The second kappa shape index (κ2) is 56.5. The Bertz CT molecular complexity index is 2100. The molecule has 18 atom stereocenters. The molecule has 3 saturated heterocycles. The molecule has 2 amide bonds. The zero-order chi connectivity index (χ0) is 73.2. The average Bonchev–Trinajstić information content (AvgIpc) is 0.766. The van der Waals surface area contributed by atoms with E-state index in [1.807, 2.05) is 6.08 Å². The lowest BCUT2D eigenvalue weighted by molar-refractivity contribution is -0.386. The standard InChI is InChI=1S/C77H142N2O21/c1-4-6-8-10-12-14-16-18-20-22-24-25-26-27-28-29-30-31-33-35-37-39-41-43-45-47-49-51-64(87)79-58(59(84)50-48-46-44-42-40-38-36-34-32-23-21-19-17-15-13-11-9-7-5-2)56-95-74-69(91)68(90)71(63(55-82)97-74)98-75-70(92)73(67(89)62(54-81)96-75)100-77(76(93)94)52-60(85)65(78-57(3)83)72(99-77)66(88)61(86)53-80/h27-28,48,50,58-63,65-75,80-82,84-86,88-92H,4-26,29-47,49,51-56H2,1-3H3,(H,78,83)(H,79,87)(H,93,94)/b28-27-,50-48+. The number of nitrogens with one attached hydrogen (secondary N) is 2. The summed E-state index contributed by atoms with van der Waals surface area (Å²) in [5.41, 5.74) is 0. The third kappa shape index (κ3) is 37.0. The van der Waals surface area contributed by atoms with Crippen molar-refractivity contribution in [1.82, 2.24) is 10.6 Å². The normalized spacial score (nSPS) is 27.0. The minimum Gasteiger partial charge on any atom is -0.477 e. The van der Waals surface area contributed by atoms with E-state index in [2.05, 4.69) is 36.6 Å². The number of amides is 2. The molecular weight excluding hydrogens is 1290 g/mol. The van der Waals surface area contributed by atoms with Gasteiger partial charge in [0.25, 0.3) is 5.79 Å². The molecule has 3 fully saturated rings. The summed E-state index contributed by atoms with van der Waals surface area (Å²) in [6, 6.07) is -2.62. The zero-order valence-corrected chi connectivity index (χ0v) is 61.8. The Labute approximate surface area is 600 Å². The summed E-state index contributed by atoms with van der Waals surface area (Å²) < 4.78 is 34.9. The number of rotatable bonds is 62. The van der Waals surface area contributed by atoms with Gasteiger partial charge in [0.1, 0.15) is 67.1 Å².